The Hall–Kier alpha value is -1.78. The van der Waals surface area contributed by atoms with Crippen molar-refractivity contribution in [2.75, 3.05) is 0 Å². The lowest BCUT2D eigenvalue weighted by atomic mass is 10.2. The van der Waals surface area contributed by atoms with E-state index >= 15 is 0 Å². The number of carbonyl (C=O) groups excluding carboxylic acids is 1. The first-order chi connectivity index (χ1) is 5.74. The van der Waals surface area contributed by atoms with Gasteiger partial charge >= 0.3 is 0 Å². The summed E-state index contributed by atoms with van der Waals surface area (Å²) in [6.07, 6.45) is 1.44. The summed E-state index contributed by atoms with van der Waals surface area (Å²) in [6, 6.07) is 3.35. The van der Waals surface area contributed by atoms with Crippen LogP contribution in [0, 0.1) is 6.92 Å². The van der Waals surface area contributed by atoms with Crippen LogP contribution >= 0.6 is 0 Å². The van der Waals surface area contributed by atoms with E-state index in [0.717, 1.165) is 5.69 Å². The van der Waals surface area contributed by atoms with Crippen molar-refractivity contribution in [2.24, 2.45) is 16.2 Å². The lowest BCUT2D eigenvalue weighted by molar-refractivity contribution is 0.0993. The molecule has 0 spiro atoms. The largest absolute Gasteiger partial charge is 0.304 e. The van der Waals surface area contributed by atoms with E-state index < -0.39 is 5.91 Å². The van der Waals surface area contributed by atoms with Crippen LogP contribution < -0.4 is 5.84 Å². The number of carbonyl (C=O) groups is 1. The number of amides is 1. The highest BCUT2D eigenvalue weighted by atomic mass is 16.1. The summed E-state index contributed by atoms with van der Waals surface area (Å²) in [5, 5.41) is 6.03. The van der Waals surface area contributed by atoms with Crippen LogP contribution in [0.3, 0.4) is 0 Å². The second-order valence-corrected chi connectivity index (χ2v) is 2.21. The molecule has 12 heavy (non-hydrogen) atoms. The molecule has 1 aromatic heterocycles. The average molecular weight is 164 g/mol. The van der Waals surface area contributed by atoms with Gasteiger partial charge in [-0.05, 0) is 19.1 Å². The Bertz CT molecular complexity index is 304. The molecule has 2 N–H and O–H groups in total. The van der Waals surface area contributed by atoms with E-state index in [0.29, 0.717) is 5.56 Å². The molecular weight excluding hydrogens is 156 g/mol. The SMILES string of the molecule is Cc1ccc(C(=O)N=NN)cn1. The van der Waals surface area contributed by atoms with Crippen LogP contribution in [0.15, 0.2) is 28.7 Å². The molecule has 0 aliphatic carbocycles. The van der Waals surface area contributed by atoms with Crippen LogP contribution in [0.25, 0.3) is 0 Å². The lowest BCUT2D eigenvalue weighted by Gasteiger charge is -1.93. The van der Waals surface area contributed by atoms with Gasteiger partial charge in [0.15, 0.2) is 0 Å². The van der Waals surface area contributed by atoms with Gasteiger partial charge in [-0.25, -0.2) is 0 Å². The molecule has 0 aromatic carbocycles. The quantitative estimate of drug-likeness (QED) is 0.379. The number of aromatic nitrogens is 1. The Balaban J connectivity index is 2.90. The Kier molecular flexibility index (Phi) is 2.47. The number of aryl methyl sites for hydroxylation is 1. The molecule has 0 saturated carbocycles. The molecule has 5 nitrogen and oxygen atoms in total. The molecule has 0 atom stereocenters. The Morgan fingerprint density at radius 2 is 2.33 bits per heavy atom. The number of nitrogens with two attached hydrogens (primary N) is 1. The maximum atomic E-state index is 11.0. The van der Waals surface area contributed by atoms with Gasteiger partial charge in [-0.1, -0.05) is 10.3 Å². The van der Waals surface area contributed by atoms with Crippen LogP contribution in [0.1, 0.15) is 16.1 Å². The van der Waals surface area contributed by atoms with Gasteiger partial charge in [0.2, 0.25) is 0 Å². The van der Waals surface area contributed by atoms with Gasteiger partial charge in [0.25, 0.3) is 5.91 Å². The summed E-state index contributed by atoms with van der Waals surface area (Å²) in [5.74, 6) is 4.23. The fourth-order valence-electron chi connectivity index (χ4n) is 0.704. The highest BCUT2D eigenvalue weighted by molar-refractivity contribution is 5.94. The van der Waals surface area contributed by atoms with Gasteiger partial charge in [-0.15, -0.1) is 0 Å². The van der Waals surface area contributed by atoms with Crippen LogP contribution in [0.4, 0.5) is 0 Å². The fraction of sp³-hybridized carbons (Fsp3) is 0.143. The standard InChI is InChI=1S/C7H8N4O/c1-5-2-3-6(4-9-5)7(12)10-11-8/h2-4H,1H3,(H2,8,10,12). The van der Waals surface area contributed by atoms with E-state index in [1.165, 1.54) is 6.20 Å². The molecule has 0 radical (unpaired) electrons. The zero-order chi connectivity index (χ0) is 8.97. The first-order valence-electron chi connectivity index (χ1n) is 3.32. The predicted molar refractivity (Wildman–Crippen MR) is 42.3 cm³/mol. The number of nitrogens with zero attached hydrogens (tertiary/aromatic N) is 3. The average Bonchev–Trinajstić information content (AvgIpc) is 2.06. The second-order valence-electron chi connectivity index (χ2n) is 2.21. The van der Waals surface area contributed by atoms with Crippen molar-refractivity contribution in [3.05, 3.63) is 29.6 Å². The van der Waals surface area contributed by atoms with Gasteiger partial charge in [-0.3, -0.25) is 9.78 Å². The minimum Gasteiger partial charge on any atom is -0.304 e. The summed E-state index contributed by atoms with van der Waals surface area (Å²) < 4.78 is 0. The minimum atomic E-state index is -0.481. The van der Waals surface area contributed by atoms with Crippen LogP contribution in [0.2, 0.25) is 0 Å². The maximum absolute atomic E-state index is 11.0. The molecule has 1 aromatic rings. The van der Waals surface area contributed by atoms with Crippen molar-refractivity contribution in [2.45, 2.75) is 6.92 Å². The Morgan fingerprint density at radius 3 is 2.83 bits per heavy atom. The summed E-state index contributed by atoms with van der Waals surface area (Å²) in [7, 11) is 0. The molecule has 1 amide bonds. The smallest absolute Gasteiger partial charge is 0.298 e. The van der Waals surface area contributed by atoms with Crippen LogP contribution in [-0.4, -0.2) is 10.9 Å². The van der Waals surface area contributed by atoms with E-state index in [9.17, 15) is 4.79 Å². The molecule has 62 valence electrons. The van der Waals surface area contributed by atoms with Crippen molar-refractivity contribution >= 4 is 5.91 Å². The molecule has 1 heterocycles. The second kappa shape index (κ2) is 3.56. The number of hydrogen-bond donors (Lipinski definition) is 1. The number of pyridine rings is 1. The zero-order valence-electron chi connectivity index (χ0n) is 6.56. The zero-order valence-corrected chi connectivity index (χ0v) is 6.56. The van der Waals surface area contributed by atoms with Gasteiger partial charge in [0.05, 0.1) is 5.56 Å². The summed E-state index contributed by atoms with van der Waals surface area (Å²) in [6.45, 7) is 1.83. The molecule has 0 bridgehead atoms. The third-order valence-corrected chi connectivity index (χ3v) is 1.31. The Labute approximate surface area is 69.3 Å². The summed E-state index contributed by atoms with van der Waals surface area (Å²) >= 11 is 0. The van der Waals surface area contributed by atoms with Crippen molar-refractivity contribution in [3.8, 4) is 0 Å². The van der Waals surface area contributed by atoms with Crippen LogP contribution in [-0.2, 0) is 0 Å². The first kappa shape index (κ1) is 8.32. The molecule has 0 unspecified atom stereocenters. The monoisotopic (exact) mass is 164 g/mol. The molecule has 0 aliphatic heterocycles. The third-order valence-electron chi connectivity index (χ3n) is 1.31. The number of hydrogen-bond acceptors (Lipinski definition) is 3. The highest BCUT2D eigenvalue weighted by Gasteiger charge is 2.02. The van der Waals surface area contributed by atoms with E-state index in [4.69, 9.17) is 5.84 Å². The summed E-state index contributed by atoms with van der Waals surface area (Å²) in [4.78, 5) is 14.9. The van der Waals surface area contributed by atoms with E-state index in [1.807, 2.05) is 6.92 Å². The lowest BCUT2D eigenvalue weighted by Crippen LogP contribution is -1.96. The highest BCUT2D eigenvalue weighted by Crippen LogP contribution is 2.00. The van der Waals surface area contributed by atoms with Gasteiger partial charge < -0.3 is 5.84 Å². The topological polar surface area (TPSA) is 80.7 Å². The molecule has 0 saturated heterocycles. The molecule has 0 aliphatic rings. The van der Waals surface area contributed by atoms with Gasteiger partial charge in [0.1, 0.15) is 0 Å². The molecular formula is C7H8N4O. The minimum absolute atomic E-state index is 0.384. The van der Waals surface area contributed by atoms with Crippen molar-refractivity contribution in [1.29, 1.82) is 0 Å². The van der Waals surface area contributed by atoms with Crippen molar-refractivity contribution < 1.29 is 4.79 Å². The molecule has 5 heteroatoms. The third kappa shape index (κ3) is 1.85. The normalized spacial score (nSPS) is 10.4. The fourth-order valence-corrected chi connectivity index (χ4v) is 0.704. The van der Waals surface area contributed by atoms with E-state index in [1.54, 1.807) is 12.1 Å². The summed E-state index contributed by atoms with van der Waals surface area (Å²) in [5.41, 5.74) is 1.23. The predicted octanol–water partition coefficient (Wildman–Crippen LogP) is 0.856. The Morgan fingerprint density at radius 1 is 1.58 bits per heavy atom. The van der Waals surface area contributed by atoms with E-state index in [2.05, 4.69) is 15.3 Å². The van der Waals surface area contributed by atoms with Gasteiger partial charge in [-0.2, -0.15) is 0 Å². The molecule has 1 rings (SSSR count). The van der Waals surface area contributed by atoms with Crippen LogP contribution in [0.5, 0.6) is 0 Å². The number of rotatable bonds is 1. The van der Waals surface area contributed by atoms with E-state index in [-0.39, 0.29) is 0 Å². The van der Waals surface area contributed by atoms with Gasteiger partial charge in [0, 0.05) is 11.9 Å². The van der Waals surface area contributed by atoms with Crippen molar-refractivity contribution in [1.82, 2.24) is 4.98 Å². The first-order valence-corrected chi connectivity index (χ1v) is 3.32. The maximum Gasteiger partial charge on any atom is 0.298 e. The molecule has 0 fully saturated rings. The van der Waals surface area contributed by atoms with Crippen molar-refractivity contribution in [3.63, 3.8) is 0 Å².